The molecule has 0 saturated carbocycles. The van der Waals surface area contributed by atoms with Gasteiger partial charge in [0.05, 0.1) is 0 Å². The lowest BCUT2D eigenvalue weighted by molar-refractivity contribution is -0.119. The van der Waals surface area contributed by atoms with E-state index in [1.54, 1.807) is 23.3 Å². The van der Waals surface area contributed by atoms with Crippen LogP contribution in [0.5, 0.6) is 0 Å². The van der Waals surface area contributed by atoms with Crippen molar-refractivity contribution in [2.75, 3.05) is 23.7 Å². The first-order valence-corrected chi connectivity index (χ1v) is 6.64. The first-order valence-electron chi connectivity index (χ1n) is 6.64. The number of nitrogen functional groups attached to an aromatic ring is 1. The molecule has 1 aliphatic heterocycles. The van der Waals surface area contributed by atoms with Crippen molar-refractivity contribution in [1.29, 1.82) is 0 Å². The molecule has 2 aromatic rings. The molecule has 1 atom stereocenters. The summed E-state index contributed by atoms with van der Waals surface area (Å²) in [5, 5.41) is 2.90. The van der Waals surface area contributed by atoms with Crippen LogP contribution < -0.4 is 16.0 Å². The van der Waals surface area contributed by atoms with Gasteiger partial charge >= 0.3 is 0 Å². The van der Waals surface area contributed by atoms with Gasteiger partial charge in [0.25, 0.3) is 0 Å². The van der Waals surface area contributed by atoms with Crippen molar-refractivity contribution in [3.63, 3.8) is 0 Å². The number of amides is 1. The van der Waals surface area contributed by atoms with Crippen LogP contribution in [0, 0.1) is 0 Å². The normalized spacial score (nSPS) is 18.0. The fourth-order valence-corrected chi connectivity index (χ4v) is 2.35. The molecule has 2 aromatic heterocycles. The number of nitrogens with two attached hydrogens (primary N) is 1. The first-order chi connectivity index (χ1) is 10.1. The SMILES string of the molecule is CC(=O)NC1CCN(c2nc(N)nc(-n3ccnc3)n2)C1. The van der Waals surface area contributed by atoms with Gasteiger partial charge in [0.15, 0.2) is 0 Å². The van der Waals surface area contributed by atoms with Gasteiger partial charge in [-0.05, 0) is 6.42 Å². The fraction of sp³-hybridized carbons (Fsp3) is 0.417. The molecule has 3 rings (SSSR count). The second-order valence-electron chi connectivity index (χ2n) is 4.90. The molecule has 0 aromatic carbocycles. The summed E-state index contributed by atoms with van der Waals surface area (Å²) in [6, 6.07) is 0.109. The summed E-state index contributed by atoms with van der Waals surface area (Å²) in [6.45, 7) is 2.94. The van der Waals surface area contributed by atoms with Gasteiger partial charge < -0.3 is 16.0 Å². The van der Waals surface area contributed by atoms with Crippen LogP contribution in [0.1, 0.15) is 13.3 Å². The van der Waals surface area contributed by atoms with Crippen LogP contribution >= 0.6 is 0 Å². The molecule has 1 fully saturated rings. The molecular weight excluding hydrogens is 272 g/mol. The Kier molecular flexibility index (Phi) is 3.38. The second kappa shape index (κ2) is 5.35. The highest BCUT2D eigenvalue weighted by Gasteiger charge is 2.25. The highest BCUT2D eigenvalue weighted by Crippen LogP contribution is 2.18. The van der Waals surface area contributed by atoms with E-state index >= 15 is 0 Å². The maximum absolute atomic E-state index is 11.1. The molecule has 0 bridgehead atoms. The van der Waals surface area contributed by atoms with Gasteiger partial charge in [0.1, 0.15) is 6.33 Å². The van der Waals surface area contributed by atoms with Crippen LogP contribution in [0.3, 0.4) is 0 Å². The summed E-state index contributed by atoms with van der Waals surface area (Å²) >= 11 is 0. The maximum atomic E-state index is 11.1. The number of rotatable bonds is 3. The van der Waals surface area contributed by atoms with E-state index in [0.717, 1.165) is 13.0 Å². The Balaban J connectivity index is 1.81. The van der Waals surface area contributed by atoms with Gasteiger partial charge in [-0.3, -0.25) is 9.36 Å². The molecule has 0 spiro atoms. The molecule has 1 saturated heterocycles. The predicted molar refractivity (Wildman–Crippen MR) is 75.8 cm³/mol. The monoisotopic (exact) mass is 288 g/mol. The summed E-state index contributed by atoms with van der Waals surface area (Å²) in [5.41, 5.74) is 5.76. The smallest absolute Gasteiger partial charge is 0.241 e. The third-order valence-corrected chi connectivity index (χ3v) is 3.24. The van der Waals surface area contributed by atoms with Crippen LogP contribution in [0.15, 0.2) is 18.7 Å². The average Bonchev–Trinajstić information content (AvgIpc) is 3.08. The third kappa shape index (κ3) is 2.91. The molecule has 1 unspecified atom stereocenters. The highest BCUT2D eigenvalue weighted by molar-refractivity contribution is 5.73. The van der Waals surface area contributed by atoms with Crippen molar-refractivity contribution >= 4 is 17.8 Å². The van der Waals surface area contributed by atoms with Gasteiger partial charge in [0, 0.05) is 38.4 Å². The van der Waals surface area contributed by atoms with E-state index < -0.39 is 0 Å². The molecule has 1 aliphatic rings. The minimum absolute atomic E-state index is 0.0314. The molecule has 1 amide bonds. The average molecular weight is 288 g/mol. The lowest BCUT2D eigenvalue weighted by atomic mass is 10.3. The molecule has 0 aliphatic carbocycles. The summed E-state index contributed by atoms with van der Waals surface area (Å²) < 4.78 is 1.67. The van der Waals surface area contributed by atoms with Gasteiger partial charge in [0.2, 0.25) is 23.8 Å². The topological polar surface area (TPSA) is 115 Å². The van der Waals surface area contributed by atoms with E-state index in [-0.39, 0.29) is 17.9 Å². The predicted octanol–water partition coefficient (Wildman–Crippen LogP) is -0.646. The number of hydrogen-bond donors (Lipinski definition) is 2. The summed E-state index contributed by atoms with van der Waals surface area (Å²) in [6.07, 6.45) is 5.83. The molecule has 0 radical (unpaired) electrons. The number of imidazole rings is 1. The Morgan fingerprint density at radius 3 is 2.90 bits per heavy atom. The van der Waals surface area contributed by atoms with Crippen molar-refractivity contribution < 1.29 is 4.79 Å². The Hall–Kier alpha value is -2.71. The summed E-state index contributed by atoms with van der Waals surface area (Å²) in [7, 11) is 0. The maximum Gasteiger partial charge on any atom is 0.241 e. The van der Waals surface area contributed by atoms with Crippen molar-refractivity contribution in [2.45, 2.75) is 19.4 Å². The number of anilines is 2. The number of nitrogens with one attached hydrogen (secondary N) is 1. The van der Waals surface area contributed by atoms with E-state index in [1.807, 2.05) is 4.90 Å². The zero-order valence-electron chi connectivity index (χ0n) is 11.6. The molecule has 110 valence electrons. The number of aromatic nitrogens is 5. The van der Waals surface area contributed by atoms with E-state index in [1.165, 1.54) is 6.92 Å². The first kappa shape index (κ1) is 13.3. The van der Waals surface area contributed by atoms with Gasteiger partial charge in [-0.1, -0.05) is 0 Å². The standard InChI is InChI=1S/C12H16N8O/c1-8(21)15-9-2-4-19(6-9)11-16-10(13)17-12(18-11)20-5-3-14-7-20/h3,5,7,9H,2,4,6H2,1H3,(H,15,21)(H2,13,16,17,18). The zero-order valence-corrected chi connectivity index (χ0v) is 11.6. The summed E-state index contributed by atoms with van der Waals surface area (Å²) in [4.78, 5) is 29.7. The molecular formula is C12H16N8O. The minimum Gasteiger partial charge on any atom is -0.368 e. The number of hydrogen-bond acceptors (Lipinski definition) is 7. The number of nitrogens with zero attached hydrogens (tertiary/aromatic N) is 6. The van der Waals surface area contributed by atoms with Crippen molar-refractivity contribution in [1.82, 2.24) is 29.8 Å². The minimum atomic E-state index is -0.0314. The highest BCUT2D eigenvalue weighted by atomic mass is 16.1. The quantitative estimate of drug-likeness (QED) is 0.771. The zero-order chi connectivity index (χ0) is 14.8. The van der Waals surface area contributed by atoms with E-state index in [9.17, 15) is 4.79 Å². The number of carbonyl (C=O) groups excluding carboxylic acids is 1. The Bertz CT molecular complexity index is 641. The molecule has 9 nitrogen and oxygen atoms in total. The number of carbonyl (C=O) groups is 1. The lowest BCUT2D eigenvalue weighted by Gasteiger charge is -2.17. The van der Waals surface area contributed by atoms with E-state index in [0.29, 0.717) is 18.4 Å². The van der Waals surface area contributed by atoms with Crippen molar-refractivity contribution in [2.24, 2.45) is 0 Å². The van der Waals surface area contributed by atoms with Crippen LogP contribution in [0.25, 0.3) is 5.95 Å². The molecule has 21 heavy (non-hydrogen) atoms. The Labute approximate surface area is 121 Å². The van der Waals surface area contributed by atoms with Crippen molar-refractivity contribution in [3.05, 3.63) is 18.7 Å². The van der Waals surface area contributed by atoms with Crippen LogP contribution in [-0.4, -0.2) is 49.5 Å². The molecule has 3 N–H and O–H groups in total. The van der Waals surface area contributed by atoms with Gasteiger partial charge in [-0.2, -0.15) is 15.0 Å². The van der Waals surface area contributed by atoms with Crippen LogP contribution in [-0.2, 0) is 4.79 Å². The largest absolute Gasteiger partial charge is 0.368 e. The fourth-order valence-electron chi connectivity index (χ4n) is 2.35. The van der Waals surface area contributed by atoms with Gasteiger partial charge in [-0.25, -0.2) is 4.98 Å². The Morgan fingerprint density at radius 2 is 2.19 bits per heavy atom. The van der Waals surface area contributed by atoms with Gasteiger partial charge in [-0.15, -0.1) is 0 Å². The lowest BCUT2D eigenvalue weighted by Crippen LogP contribution is -2.36. The summed E-state index contributed by atoms with van der Waals surface area (Å²) in [5.74, 6) is 1.07. The van der Waals surface area contributed by atoms with Crippen molar-refractivity contribution in [3.8, 4) is 5.95 Å². The third-order valence-electron chi connectivity index (χ3n) is 3.24. The van der Waals surface area contributed by atoms with Crippen LogP contribution in [0.2, 0.25) is 0 Å². The second-order valence-corrected chi connectivity index (χ2v) is 4.90. The molecule has 9 heteroatoms. The van der Waals surface area contributed by atoms with Crippen LogP contribution in [0.4, 0.5) is 11.9 Å². The van der Waals surface area contributed by atoms with E-state index in [2.05, 4.69) is 25.3 Å². The molecule has 3 heterocycles. The Morgan fingerprint density at radius 1 is 1.38 bits per heavy atom. The van der Waals surface area contributed by atoms with E-state index in [4.69, 9.17) is 5.73 Å².